The Labute approximate surface area is 107 Å². The average Bonchev–Trinajstić information content (AvgIpc) is 2.28. The third kappa shape index (κ3) is 6.22. The van der Waals surface area contributed by atoms with Gasteiger partial charge >= 0.3 is 11.9 Å². The van der Waals surface area contributed by atoms with Crippen LogP contribution < -0.4 is 5.32 Å². The molecule has 0 fully saturated rings. The molecular formula is C12H21NO5. The smallest absolute Gasteiger partial charge is 0.329 e. The van der Waals surface area contributed by atoms with Crippen molar-refractivity contribution < 1.29 is 23.9 Å². The Kier molecular flexibility index (Phi) is 7.74. The molecule has 18 heavy (non-hydrogen) atoms. The molecule has 0 aliphatic rings. The molecule has 1 unspecified atom stereocenters. The van der Waals surface area contributed by atoms with E-state index in [1.54, 1.807) is 27.7 Å². The summed E-state index contributed by atoms with van der Waals surface area (Å²) < 4.78 is 9.55. The van der Waals surface area contributed by atoms with Crippen molar-refractivity contribution in [2.45, 2.75) is 40.2 Å². The van der Waals surface area contributed by atoms with E-state index in [-0.39, 0.29) is 31.5 Å². The highest BCUT2D eigenvalue weighted by Gasteiger charge is 2.26. The summed E-state index contributed by atoms with van der Waals surface area (Å²) in [6, 6.07) is -0.987. The maximum absolute atomic E-state index is 11.6. The summed E-state index contributed by atoms with van der Waals surface area (Å²) in [5, 5.41) is 2.48. The molecule has 1 N–H and O–H groups in total. The van der Waals surface area contributed by atoms with Gasteiger partial charge in [0.05, 0.1) is 19.6 Å². The lowest BCUT2D eigenvalue weighted by molar-refractivity contribution is -0.153. The Morgan fingerprint density at radius 3 is 2.06 bits per heavy atom. The van der Waals surface area contributed by atoms with Gasteiger partial charge in [-0.1, -0.05) is 13.8 Å². The van der Waals surface area contributed by atoms with Crippen molar-refractivity contribution in [2.75, 3.05) is 13.2 Å². The molecule has 0 aliphatic carbocycles. The zero-order chi connectivity index (χ0) is 14.1. The fourth-order valence-electron chi connectivity index (χ4n) is 1.16. The first-order valence-electron chi connectivity index (χ1n) is 6.04. The second-order valence-corrected chi connectivity index (χ2v) is 3.98. The van der Waals surface area contributed by atoms with Crippen molar-refractivity contribution in [1.29, 1.82) is 0 Å². The number of esters is 2. The SMILES string of the molecule is CCOC(=O)CC(NC(=O)C(C)C)C(=O)OCC. The van der Waals surface area contributed by atoms with Gasteiger partial charge in [-0.15, -0.1) is 0 Å². The molecule has 6 heteroatoms. The van der Waals surface area contributed by atoms with Crippen LogP contribution in [0.25, 0.3) is 0 Å². The van der Waals surface area contributed by atoms with Gasteiger partial charge in [0.1, 0.15) is 6.04 Å². The van der Waals surface area contributed by atoms with E-state index in [4.69, 9.17) is 9.47 Å². The topological polar surface area (TPSA) is 81.7 Å². The van der Waals surface area contributed by atoms with Crippen molar-refractivity contribution in [1.82, 2.24) is 5.32 Å². The van der Waals surface area contributed by atoms with Gasteiger partial charge in [0.15, 0.2) is 0 Å². The first-order valence-corrected chi connectivity index (χ1v) is 6.04. The average molecular weight is 259 g/mol. The normalized spacial score (nSPS) is 11.8. The number of amides is 1. The van der Waals surface area contributed by atoms with Crippen molar-refractivity contribution >= 4 is 17.8 Å². The van der Waals surface area contributed by atoms with Crippen molar-refractivity contribution in [3.05, 3.63) is 0 Å². The molecule has 104 valence electrons. The van der Waals surface area contributed by atoms with E-state index in [0.29, 0.717) is 0 Å². The lowest BCUT2D eigenvalue weighted by atomic mass is 10.1. The lowest BCUT2D eigenvalue weighted by Crippen LogP contribution is -2.45. The highest BCUT2D eigenvalue weighted by atomic mass is 16.5. The van der Waals surface area contributed by atoms with Crippen LogP contribution in [0.15, 0.2) is 0 Å². The molecule has 0 aromatic carbocycles. The molecule has 0 rings (SSSR count). The first-order chi connectivity index (χ1) is 8.42. The summed E-state index contributed by atoms with van der Waals surface area (Å²) >= 11 is 0. The molecule has 0 heterocycles. The number of hydrogen-bond acceptors (Lipinski definition) is 5. The first kappa shape index (κ1) is 16.4. The zero-order valence-corrected chi connectivity index (χ0v) is 11.3. The molecule has 6 nitrogen and oxygen atoms in total. The molecular weight excluding hydrogens is 238 g/mol. The predicted octanol–water partition coefficient (Wildman–Crippen LogP) is 0.643. The van der Waals surface area contributed by atoms with Crippen LogP contribution in [0.1, 0.15) is 34.1 Å². The number of hydrogen-bond donors (Lipinski definition) is 1. The van der Waals surface area contributed by atoms with Crippen LogP contribution in [0.5, 0.6) is 0 Å². The van der Waals surface area contributed by atoms with Gasteiger partial charge in [-0.2, -0.15) is 0 Å². The molecule has 0 aromatic heterocycles. The van der Waals surface area contributed by atoms with E-state index in [1.807, 2.05) is 0 Å². The van der Waals surface area contributed by atoms with Crippen molar-refractivity contribution in [3.8, 4) is 0 Å². The Morgan fingerprint density at radius 1 is 1.06 bits per heavy atom. The van der Waals surface area contributed by atoms with E-state index < -0.39 is 18.0 Å². The minimum atomic E-state index is -0.987. The van der Waals surface area contributed by atoms with Crippen LogP contribution in [-0.4, -0.2) is 37.1 Å². The van der Waals surface area contributed by atoms with Gasteiger partial charge in [-0.25, -0.2) is 4.79 Å². The van der Waals surface area contributed by atoms with Gasteiger partial charge in [0.25, 0.3) is 0 Å². The van der Waals surface area contributed by atoms with Crippen molar-refractivity contribution in [3.63, 3.8) is 0 Å². The third-order valence-electron chi connectivity index (χ3n) is 2.09. The fraction of sp³-hybridized carbons (Fsp3) is 0.750. The second kappa shape index (κ2) is 8.49. The highest BCUT2D eigenvalue weighted by Crippen LogP contribution is 2.01. The number of carbonyl (C=O) groups excluding carboxylic acids is 3. The number of ether oxygens (including phenoxy) is 2. The molecule has 0 radical (unpaired) electrons. The van der Waals surface area contributed by atoms with E-state index in [0.717, 1.165) is 0 Å². The summed E-state index contributed by atoms with van der Waals surface area (Å²) in [5.74, 6) is -1.75. The van der Waals surface area contributed by atoms with Crippen LogP contribution in [0.3, 0.4) is 0 Å². The number of nitrogens with one attached hydrogen (secondary N) is 1. The Morgan fingerprint density at radius 2 is 1.61 bits per heavy atom. The predicted molar refractivity (Wildman–Crippen MR) is 64.7 cm³/mol. The molecule has 1 amide bonds. The third-order valence-corrected chi connectivity index (χ3v) is 2.09. The summed E-state index contributed by atoms with van der Waals surface area (Å²) in [6.07, 6.45) is -0.217. The number of rotatable bonds is 7. The van der Waals surface area contributed by atoms with Gasteiger partial charge in [-0.05, 0) is 13.8 Å². The second-order valence-electron chi connectivity index (χ2n) is 3.98. The van der Waals surface area contributed by atoms with Crippen molar-refractivity contribution in [2.24, 2.45) is 5.92 Å². The molecule has 0 saturated carbocycles. The van der Waals surface area contributed by atoms with Crippen LogP contribution >= 0.6 is 0 Å². The van der Waals surface area contributed by atoms with Gasteiger partial charge < -0.3 is 14.8 Å². The maximum atomic E-state index is 11.6. The van der Waals surface area contributed by atoms with E-state index in [2.05, 4.69) is 5.32 Å². The van der Waals surface area contributed by atoms with Crippen LogP contribution in [0.4, 0.5) is 0 Å². The summed E-state index contributed by atoms with van der Waals surface area (Å²) in [6.45, 7) is 7.14. The molecule has 0 saturated heterocycles. The largest absolute Gasteiger partial charge is 0.466 e. The number of carbonyl (C=O) groups is 3. The van der Waals surface area contributed by atoms with E-state index in [1.165, 1.54) is 0 Å². The van der Waals surface area contributed by atoms with Gasteiger partial charge in [-0.3, -0.25) is 9.59 Å². The standard InChI is InChI=1S/C12H21NO5/c1-5-17-10(14)7-9(12(16)18-6-2)13-11(15)8(3)4/h8-9H,5-7H2,1-4H3,(H,13,15). The zero-order valence-electron chi connectivity index (χ0n) is 11.3. The van der Waals surface area contributed by atoms with Crippen LogP contribution in [0, 0.1) is 5.92 Å². The highest BCUT2D eigenvalue weighted by molar-refractivity contribution is 5.88. The Hall–Kier alpha value is -1.59. The summed E-state index contributed by atoms with van der Waals surface area (Å²) in [7, 11) is 0. The summed E-state index contributed by atoms with van der Waals surface area (Å²) in [5.41, 5.74) is 0. The molecule has 0 aliphatic heterocycles. The lowest BCUT2D eigenvalue weighted by Gasteiger charge is -2.17. The minimum absolute atomic E-state index is 0.190. The minimum Gasteiger partial charge on any atom is -0.466 e. The van der Waals surface area contributed by atoms with Crippen LogP contribution in [0.2, 0.25) is 0 Å². The summed E-state index contributed by atoms with van der Waals surface area (Å²) in [4.78, 5) is 34.5. The quantitative estimate of drug-likeness (QED) is 0.679. The molecule has 0 spiro atoms. The fourth-order valence-corrected chi connectivity index (χ4v) is 1.16. The maximum Gasteiger partial charge on any atom is 0.329 e. The van der Waals surface area contributed by atoms with Gasteiger partial charge in [0, 0.05) is 5.92 Å². The van der Waals surface area contributed by atoms with Crippen LogP contribution in [-0.2, 0) is 23.9 Å². The van der Waals surface area contributed by atoms with Gasteiger partial charge in [0.2, 0.25) is 5.91 Å². The van der Waals surface area contributed by atoms with E-state index >= 15 is 0 Å². The molecule has 1 atom stereocenters. The Bertz CT molecular complexity index is 301. The van der Waals surface area contributed by atoms with E-state index in [9.17, 15) is 14.4 Å². The molecule has 0 aromatic rings. The Balaban J connectivity index is 4.56. The molecule has 0 bridgehead atoms. The monoisotopic (exact) mass is 259 g/mol.